The maximum absolute atomic E-state index is 11.1. The van der Waals surface area contributed by atoms with E-state index in [1.54, 1.807) is 51.3 Å². The van der Waals surface area contributed by atoms with Gasteiger partial charge < -0.3 is 24.0 Å². The van der Waals surface area contributed by atoms with Crippen LogP contribution in [0.4, 0.5) is 5.95 Å². The number of aromatic nitrogens is 6. The van der Waals surface area contributed by atoms with E-state index >= 15 is 0 Å². The molecular formula is C26H31N7O4S. The molecule has 2 N–H and O–H groups in total. The molecule has 0 bridgehead atoms. The highest BCUT2D eigenvalue weighted by Gasteiger charge is 2.26. The lowest BCUT2D eigenvalue weighted by molar-refractivity contribution is 0.178. The van der Waals surface area contributed by atoms with Crippen molar-refractivity contribution in [2.45, 2.75) is 32.1 Å². The zero-order chi connectivity index (χ0) is 27.2. The van der Waals surface area contributed by atoms with Crippen LogP contribution < -0.4 is 18.9 Å². The second kappa shape index (κ2) is 12.0. The van der Waals surface area contributed by atoms with Gasteiger partial charge in [-0.3, -0.25) is 4.57 Å². The first kappa shape index (κ1) is 27.0. The Balaban J connectivity index is 1.82. The smallest absolute Gasteiger partial charge is 0.239 e. The van der Waals surface area contributed by atoms with E-state index in [4.69, 9.17) is 14.2 Å². The molecule has 200 valence electrons. The van der Waals surface area contributed by atoms with Gasteiger partial charge in [0.15, 0.2) is 5.82 Å². The normalized spacial score (nSPS) is 13.6. The van der Waals surface area contributed by atoms with Crippen LogP contribution >= 0.6 is 10.7 Å². The van der Waals surface area contributed by atoms with Crippen molar-refractivity contribution >= 4 is 22.0 Å². The zero-order valence-electron chi connectivity index (χ0n) is 22.1. The number of anilines is 1. The number of aryl methyl sites for hydroxylation is 1. The predicted molar refractivity (Wildman–Crippen MR) is 148 cm³/mol. The van der Waals surface area contributed by atoms with Crippen LogP contribution in [0.15, 0.2) is 48.8 Å². The maximum atomic E-state index is 11.1. The van der Waals surface area contributed by atoms with E-state index in [1.165, 1.54) is 0 Å². The van der Waals surface area contributed by atoms with Crippen LogP contribution in [0.5, 0.6) is 17.4 Å². The monoisotopic (exact) mass is 537 g/mol. The number of aliphatic hydroxyl groups is 1. The molecule has 38 heavy (non-hydrogen) atoms. The Morgan fingerprint density at radius 3 is 2.24 bits per heavy atom. The Labute approximate surface area is 223 Å². The molecule has 3 atom stereocenters. The van der Waals surface area contributed by atoms with Gasteiger partial charge in [-0.2, -0.15) is 0 Å². The summed E-state index contributed by atoms with van der Waals surface area (Å²) in [6, 6.07) is 10.9. The number of methoxy groups -OCH3 is 3. The van der Waals surface area contributed by atoms with Gasteiger partial charge in [-0.15, -0.1) is 10.2 Å². The molecule has 1 aromatic carbocycles. The van der Waals surface area contributed by atoms with Crippen LogP contribution in [0.1, 0.15) is 31.3 Å². The predicted octanol–water partition coefficient (Wildman–Crippen LogP) is 3.99. The first-order valence-corrected chi connectivity index (χ1v) is 13.2. The molecule has 1 unspecified atom stereocenters. The molecule has 0 spiro atoms. The second-order valence-corrected chi connectivity index (χ2v) is 10.3. The van der Waals surface area contributed by atoms with E-state index in [1.807, 2.05) is 49.5 Å². The van der Waals surface area contributed by atoms with Gasteiger partial charge in [0.05, 0.1) is 27.4 Å². The van der Waals surface area contributed by atoms with Gasteiger partial charge in [0, 0.05) is 29.3 Å². The Hall–Kier alpha value is -4.03. The summed E-state index contributed by atoms with van der Waals surface area (Å²) in [7, 11) is 4.09. The molecule has 3 heterocycles. The molecule has 0 saturated heterocycles. The van der Waals surface area contributed by atoms with Crippen molar-refractivity contribution in [2.24, 2.45) is 0 Å². The third kappa shape index (κ3) is 5.46. The number of benzene rings is 1. The number of para-hydroxylation sites is 1. The number of hydrogen-bond acceptors (Lipinski definition) is 10. The third-order valence-electron chi connectivity index (χ3n) is 5.90. The van der Waals surface area contributed by atoms with Crippen molar-refractivity contribution in [3.05, 3.63) is 60.2 Å². The minimum Gasteiger partial charge on any atom is -0.494 e. The number of ether oxygens (including phenoxy) is 3. The van der Waals surface area contributed by atoms with Crippen LogP contribution in [-0.2, 0) is 0 Å². The molecule has 0 saturated carbocycles. The summed E-state index contributed by atoms with van der Waals surface area (Å²) in [5.41, 5.74) is 1.78. The van der Waals surface area contributed by atoms with E-state index in [0.29, 0.717) is 51.9 Å². The van der Waals surface area contributed by atoms with Crippen LogP contribution in [-0.4, -0.2) is 66.8 Å². The lowest BCUT2D eigenvalue weighted by atomic mass is 10.1. The fraction of sp³-hybridized carbons (Fsp3) is 0.308. The first-order chi connectivity index (χ1) is 18.4. The molecular weight excluding hydrogens is 506 g/mol. The quantitative estimate of drug-likeness (QED) is 0.286. The standard InChI is InChI=1S/C26H31N7O4S/c1-7-38(16(2)24(34)18-14-27-17(3)28-15-18)32-26-31-30-25(19-10-8-13-22(29-19)37-6)33(26)23-20(35-4)11-9-12-21(23)36-5/h7-16,24,34H,1-6H3,(H,31,32)/t16-,24-,38?/m0/s1. The van der Waals surface area contributed by atoms with Crippen molar-refractivity contribution in [2.75, 3.05) is 26.1 Å². The highest BCUT2D eigenvalue weighted by atomic mass is 32.2. The molecule has 0 aliphatic carbocycles. The zero-order valence-corrected chi connectivity index (χ0v) is 22.9. The summed E-state index contributed by atoms with van der Waals surface area (Å²) in [5, 5.41) is 21.8. The Bertz CT molecular complexity index is 1400. The fourth-order valence-electron chi connectivity index (χ4n) is 3.87. The molecule has 0 radical (unpaired) electrons. The lowest BCUT2D eigenvalue weighted by Crippen LogP contribution is -2.18. The SMILES string of the molecule is C/C=S(\Nc1nnc(-c2cccc(OC)n2)n1-c1c(OC)cccc1OC)[C@@H](C)[C@H](O)c1cnc(C)nc1. The molecule has 11 nitrogen and oxygen atoms in total. The van der Waals surface area contributed by atoms with E-state index in [-0.39, 0.29) is 5.25 Å². The van der Waals surface area contributed by atoms with Crippen molar-refractivity contribution in [1.29, 1.82) is 0 Å². The molecule has 4 rings (SSSR count). The van der Waals surface area contributed by atoms with Crippen molar-refractivity contribution in [3.63, 3.8) is 0 Å². The summed E-state index contributed by atoms with van der Waals surface area (Å²) in [6.07, 6.45) is 2.49. The van der Waals surface area contributed by atoms with Crippen LogP contribution in [0.3, 0.4) is 0 Å². The molecule has 0 fully saturated rings. The Kier molecular flexibility index (Phi) is 8.54. The van der Waals surface area contributed by atoms with Gasteiger partial charge in [-0.05, 0) is 44.3 Å². The second-order valence-electron chi connectivity index (χ2n) is 8.18. The highest BCUT2D eigenvalue weighted by molar-refractivity contribution is 8.16. The lowest BCUT2D eigenvalue weighted by Gasteiger charge is -2.24. The number of nitrogens with zero attached hydrogens (tertiary/aromatic N) is 6. The summed E-state index contributed by atoms with van der Waals surface area (Å²) in [6.45, 7) is 5.69. The van der Waals surface area contributed by atoms with Gasteiger partial charge in [0.2, 0.25) is 11.8 Å². The number of rotatable bonds is 10. The average molecular weight is 538 g/mol. The number of hydrogen-bond donors (Lipinski definition) is 2. The van der Waals surface area contributed by atoms with Crippen LogP contribution in [0.25, 0.3) is 17.2 Å². The number of pyridine rings is 1. The van der Waals surface area contributed by atoms with Gasteiger partial charge in [-0.25, -0.2) is 15.0 Å². The summed E-state index contributed by atoms with van der Waals surface area (Å²) < 4.78 is 22.0. The summed E-state index contributed by atoms with van der Waals surface area (Å²) >= 11 is 0. The van der Waals surface area contributed by atoms with Crippen molar-refractivity contribution < 1.29 is 19.3 Å². The molecule has 0 aliphatic heterocycles. The third-order valence-corrected chi connectivity index (χ3v) is 7.89. The van der Waals surface area contributed by atoms with Crippen molar-refractivity contribution in [1.82, 2.24) is 29.7 Å². The Morgan fingerprint density at radius 1 is 0.974 bits per heavy atom. The van der Waals surface area contributed by atoms with Crippen LogP contribution in [0.2, 0.25) is 0 Å². The Morgan fingerprint density at radius 2 is 1.63 bits per heavy atom. The topological polar surface area (TPSA) is 129 Å². The maximum Gasteiger partial charge on any atom is 0.239 e. The minimum absolute atomic E-state index is 0.241. The largest absolute Gasteiger partial charge is 0.494 e. The van der Waals surface area contributed by atoms with Gasteiger partial charge in [-0.1, -0.05) is 22.8 Å². The van der Waals surface area contributed by atoms with Crippen LogP contribution in [0, 0.1) is 6.92 Å². The van der Waals surface area contributed by atoms with E-state index < -0.39 is 16.8 Å². The van der Waals surface area contributed by atoms with Gasteiger partial charge in [0.1, 0.15) is 28.7 Å². The molecule has 3 aromatic heterocycles. The van der Waals surface area contributed by atoms with E-state index in [2.05, 4.69) is 29.9 Å². The van der Waals surface area contributed by atoms with E-state index in [9.17, 15) is 5.11 Å². The van der Waals surface area contributed by atoms with Gasteiger partial charge in [0.25, 0.3) is 0 Å². The number of nitrogens with one attached hydrogen (secondary N) is 1. The molecule has 0 amide bonds. The number of aliphatic hydroxyl groups excluding tert-OH is 1. The highest BCUT2D eigenvalue weighted by Crippen LogP contribution is 2.39. The van der Waals surface area contributed by atoms with Crippen molar-refractivity contribution in [3.8, 4) is 34.6 Å². The fourth-order valence-corrected chi connectivity index (χ4v) is 5.38. The summed E-state index contributed by atoms with van der Waals surface area (Å²) in [5.74, 6) is 3.08. The minimum atomic E-state index is -0.806. The average Bonchev–Trinajstić information content (AvgIpc) is 3.38. The molecule has 12 heteroatoms. The first-order valence-electron chi connectivity index (χ1n) is 11.8. The molecule has 0 aliphatic rings. The van der Waals surface area contributed by atoms with E-state index in [0.717, 1.165) is 0 Å². The van der Waals surface area contributed by atoms with Gasteiger partial charge >= 0.3 is 0 Å². The molecule has 4 aromatic rings. The summed E-state index contributed by atoms with van der Waals surface area (Å²) in [4.78, 5) is 13.0.